The number of benzene rings is 1. The van der Waals surface area contributed by atoms with Crippen molar-refractivity contribution >= 4 is 11.4 Å². The van der Waals surface area contributed by atoms with Crippen molar-refractivity contribution in [2.45, 2.75) is 26.7 Å². The number of nitrogens with one attached hydrogen (secondary N) is 1. The number of ether oxygens (including phenoxy) is 1. The van der Waals surface area contributed by atoms with Gasteiger partial charge in [-0.3, -0.25) is 0 Å². The minimum atomic E-state index is 0.665. The molecular formula is C12H20N2O. The molecule has 0 amide bonds. The summed E-state index contributed by atoms with van der Waals surface area (Å²) in [6.45, 7) is 5.78. The molecule has 0 aromatic heterocycles. The summed E-state index contributed by atoms with van der Waals surface area (Å²) in [5.41, 5.74) is 7.54. The maximum Gasteiger partial charge on any atom is 0.123 e. The maximum atomic E-state index is 5.77. The number of unbranched alkanes of at least 4 members (excludes halogenated alkanes) is 1. The maximum absolute atomic E-state index is 5.77. The first-order valence-corrected chi connectivity index (χ1v) is 5.53. The molecule has 0 atom stereocenters. The van der Waals surface area contributed by atoms with Gasteiger partial charge in [0.2, 0.25) is 0 Å². The first-order chi connectivity index (χ1) is 7.26. The number of nitrogens with two attached hydrogens (primary N) is 1. The number of hydrogen-bond acceptors (Lipinski definition) is 3. The molecule has 0 radical (unpaired) electrons. The molecule has 0 aliphatic rings. The van der Waals surface area contributed by atoms with Gasteiger partial charge in [-0.05, 0) is 19.4 Å². The molecule has 15 heavy (non-hydrogen) atoms. The summed E-state index contributed by atoms with van der Waals surface area (Å²) in [4.78, 5) is 0. The van der Waals surface area contributed by atoms with E-state index in [0.29, 0.717) is 6.61 Å². The van der Waals surface area contributed by atoms with E-state index in [1.54, 1.807) is 0 Å². The highest BCUT2D eigenvalue weighted by Crippen LogP contribution is 2.22. The van der Waals surface area contributed by atoms with Crippen molar-refractivity contribution in [1.29, 1.82) is 0 Å². The van der Waals surface area contributed by atoms with Crippen molar-refractivity contribution in [1.82, 2.24) is 0 Å². The predicted molar refractivity (Wildman–Crippen MR) is 65.4 cm³/mol. The zero-order valence-electron chi connectivity index (χ0n) is 9.55. The standard InChI is InChI=1S/C12H20N2O/c1-3-5-6-14-11-7-10(13)8-12(9-11)15-4-2/h7-9,14H,3-6,13H2,1-2H3. The van der Waals surface area contributed by atoms with Crippen LogP contribution in [0, 0.1) is 0 Å². The van der Waals surface area contributed by atoms with Gasteiger partial charge in [-0.1, -0.05) is 13.3 Å². The Morgan fingerprint density at radius 2 is 2.07 bits per heavy atom. The van der Waals surface area contributed by atoms with Crippen LogP contribution in [0.2, 0.25) is 0 Å². The molecule has 1 aromatic rings. The van der Waals surface area contributed by atoms with Gasteiger partial charge >= 0.3 is 0 Å². The fraction of sp³-hybridized carbons (Fsp3) is 0.500. The summed E-state index contributed by atoms with van der Waals surface area (Å²) in [7, 11) is 0. The van der Waals surface area contributed by atoms with Crippen molar-refractivity contribution in [3.05, 3.63) is 18.2 Å². The topological polar surface area (TPSA) is 47.3 Å². The summed E-state index contributed by atoms with van der Waals surface area (Å²) in [6, 6.07) is 5.75. The van der Waals surface area contributed by atoms with Crippen molar-refractivity contribution in [3.63, 3.8) is 0 Å². The summed E-state index contributed by atoms with van der Waals surface area (Å²) in [5, 5.41) is 3.33. The fourth-order valence-corrected chi connectivity index (χ4v) is 1.38. The van der Waals surface area contributed by atoms with Crippen molar-refractivity contribution in [3.8, 4) is 5.75 Å². The molecule has 3 N–H and O–H groups in total. The molecule has 0 saturated carbocycles. The molecule has 0 aliphatic heterocycles. The molecule has 3 heteroatoms. The van der Waals surface area contributed by atoms with Crippen LogP contribution < -0.4 is 15.8 Å². The highest BCUT2D eigenvalue weighted by molar-refractivity contribution is 5.59. The third kappa shape index (κ3) is 4.11. The Hall–Kier alpha value is -1.38. The van der Waals surface area contributed by atoms with Crippen LogP contribution in [0.1, 0.15) is 26.7 Å². The minimum Gasteiger partial charge on any atom is -0.494 e. The molecule has 0 spiro atoms. The highest BCUT2D eigenvalue weighted by Gasteiger charge is 1.98. The Morgan fingerprint density at radius 3 is 2.73 bits per heavy atom. The quantitative estimate of drug-likeness (QED) is 0.558. The summed E-state index contributed by atoms with van der Waals surface area (Å²) in [5.74, 6) is 0.830. The van der Waals surface area contributed by atoms with E-state index in [-0.39, 0.29) is 0 Å². The van der Waals surface area contributed by atoms with E-state index < -0.39 is 0 Å². The van der Waals surface area contributed by atoms with Gasteiger partial charge in [-0.2, -0.15) is 0 Å². The molecule has 0 heterocycles. The van der Waals surface area contributed by atoms with Crippen molar-refractivity contribution in [2.75, 3.05) is 24.2 Å². The SMILES string of the molecule is CCCCNc1cc(N)cc(OCC)c1. The van der Waals surface area contributed by atoms with E-state index in [4.69, 9.17) is 10.5 Å². The van der Waals surface area contributed by atoms with Crippen LogP contribution in [0.4, 0.5) is 11.4 Å². The third-order valence-electron chi connectivity index (χ3n) is 2.10. The van der Waals surface area contributed by atoms with E-state index >= 15 is 0 Å². The van der Waals surface area contributed by atoms with E-state index in [2.05, 4.69) is 12.2 Å². The van der Waals surface area contributed by atoms with Gasteiger partial charge in [0, 0.05) is 30.1 Å². The lowest BCUT2D eigenvalue weighted by molar-refractivity contribution is 0.340. The Balaban J connectivity index is 2.62. The smallest absolute Gasteiger partial charge is 0.123 e. The van der Waals surface area contributed by atoms with Gasteiger partial charge in [-0.25, -0.2) is 0 Å². The summed E-state index contributed by atoms with van der Waals surface area (Å²) < 4.78 is 5.41. The van der Waals surface area contributed by atoms with E-state index in [0.717, 1.165) is 23.7 Å². The Labute approximate surface area is 91.6 Å². The van der Waals surface area contributed by atoms with Crippen LogP contribution in [-0.4, -0.2) is 13.2 Å². The molecule has 0 saturated heterocycles. The van der Waals surface area contributed by atoms with Crippen LogP contribution in [0.3, 0.4) is 0 Å². The monoisotopic (exact) mass is 208 g/mol. The first-order valence-electron chi connectivity index (χ1n) is 5.53. The van der Waals surface area contributed by atoms with Gasteiger partial charge in [-0.15, -0.1) is 0 Å². The Kier molecular flexibility index (Phi) is 4.81. The number of rotatable bonds is 6. The molecule has 0 unspecified atom stereocenters. The molecule has 1 aromatic carbocycles. The normalized spacial score (nSPS) is 10.0. The van der Waals surface area contributed by atoms with Crippen molar-refractivity contribution in [2.24, 2.45) is 0 Å². The van der Waals surface area contributed by atoms with Crippen molar-refractivity contribution < 1.29 is 4.74 Å². The lowest BCUT2D eigenvalue weighted by Gasteiger charge is -2.09. The fourth-order valence-electron chi connectivity index (χ4n) is 1.38. The average molecular weight is 208 g/mol. The van der Waals surface area contributed by atoms with Gasteiger partial charge in [0.25, 0.3) is 0 Å². The number of nitrogen functional groups attached to an aromatic ring is 1. The van der Waals surface area contributed by atoms with Crippen LogP contribution in [0.25, 0.3) is 0 Å². The summed E-state index contributed by atoms with van der Waals surface area (Å²) in [6.07, 6.45) is 2.35. The second-order valence-electron chi connectivity index (χ2n) is 3.50. The zero-order chi connectivity index (χ0) is 11.1. The van der Waals surface area contributed by atoms with Gasteiger partial charge in [0.05, 0.1) is 6.61 Å². The molecule has 1 rings (SSSR count). The zero-order valence-corrected chi connectivity index (χ0v) is 9.55. The number of anilines is 2. The predicted octanol–water partition coefficient (Wildman–Crippen LogP) is 2.88. The summed E-state index contributed by atoms with van der Waals surface area (Å²) >= 11 is 0. The lowest BCUT2D eigenvalue weighted by Crippen LogP contribution is -2.02. The second-order valence-corrected chi connectivity index (χ2v) is 3.50. The lowest BCUT2D eigenvalue weighted by atomic mass is 10.2. The first kappa shape index (κ1) is 11.7. The Morgan fingerprint density at radius 1 is 1.27 bits per heavy atom. The van der Waals surface area contributed by atoms with Gasteiger partial charge < -0.3 is 15.8 Å². The third-order valence-corrected chi connectivity index (χ3v) is 2.10. The second kappa shape index (κ2) is 6.17. The molecule has 0 aliphatic carbocycles. The van der Waals surface area contributed by atoms with E-state index in [1.165, 1.54) is 12.8 Å². The minimum absolute atomic E-state index is 0.665. The van der Waals surface area contributed by atoms with E-state index in [1.807, 2.05) is 25.1 Å². The molecule has 84 valence electrons. The Bertz CT molecular complexity index is 300. The average Bonchev–Trinajstić information content (AvgIpc) is 2.18. The van der Waals surface area contributed by atoms with Gasteiger partial charge in [0.15, 0.2) is 0 Å². The molecule has 3 nitrogen and oxygen atoms in total. The van der Waals surface area contributed by atoms with Gasteiger partial charge in [0.1, 0.15) is 5.75 Å². The van der Waals surface area contributed by atoms with E-state index in [9.17, 15) is 0 Å². The highest BCUT2D eigenvalue weighted by atomic mass is 16.5. The van der Waals surface area contributed by atoms with Crippen LogP contribution in [0.15, 0.2) is 18.2 Å². The number of hydrogen-bond donors (Lipinski definition) is 2. The largest absolute Gasteiger partial charge is 0.494 e. The molecule has 0 bridgehead atoms. The van der Waals surface area contributed by atoms with Crippen LogP contribution >= 0.6 is 0 Å². The van der Waals surface area contributed by atoms with Crippen LogP contribution in [-0.2, 0) is 0 Å². The molecule has 0 fully saturated rings. The molecular weight excluding hydrogens is 188 g/mol. The van der Waals surface area contributed by atoms with Crippen LogP contribution in [0.5, 0.6) is 5.75 Å².